The number of sulfonamides is 1. The van der Waals surface area contributed by atoms with E-state index in [4.69, 9.17) is 4.74 Å². The third-order valence-electron chi connectivity index (χ3n) is 2.96. The molecule has 0 radical (unpaired) electrons. The summed E-state index contributed by atoms with van der Waals surface area (Å²) < 4.78 is 32.1. The largest absolute Gasteiger partial charge is 0.382 e. The standard InChI is InChI=1S/C14H24N2O3S/c1-4-19-9-5-8-16-20(17,18)14-7-6-12(2)13(10-14)11-15-3/h6-7,10,15-16H,4-5,8-9,11H2,1-3H3. The van der Waals surface area contributed by atoms with Gasteiger partial charge in [0.25, 0.3) is 0 Å². The molecular formula is C14H24N2O3S. The van der Waals surface area contributed by atoms with Gasteiger partial charge in [0.05, 0.1) is 4.90 Å². The second-order valence-electron chi connectivity index (χ2n) is 4.57. The zero-order valence-corrected chi connectivity index (χ0v) is 13.2. The summed E-state index contributed by atoms with van der Waals surface area (Å²) in [6.07, 6.45) is 0.669. The van der Waals surface area contributed by atoms with Gasteiger partial charge in [0, 0.05) is 26.3 Å². The molecule has 0 fully saturated rings. The maximum Gasteiger partial charge on any atom is 0.240 e. The van der Waals surface area contributed by atoms with Crippen LogP contribution in [-0.2, 0) is 21.3 Å². The highest BCUT2D eigenvalue weighted by Gasteiger charge is 2.14. The molecule has 0 heterocycles. The van der Waals surface area contributed by atoms with Crippen LogP contribution in [0.15, 0.2) is 23.1 Å². The van der Waals surface area contributed by atoms with Gasteiger partial charge in [-0.2, -0.15) is 0 Å². The maximum absolute atomic E-state index is 12.2. The van der Waals surface area contributed by atoms with Gasteiger partial charge in [-0.1, -0.05) is 6.07 Å². The van der Waals surface area contributed by atoms with Crippen LogP contribution in [0.3, 0.4) is 0 Å². The topological polar surface area (TPSA) is 67.4 Å². The molecule has 0 aliphatic rings. The minimum Gasteiger partial charge on any atom is -0.382 e. The quantitative estimate of drug-likeness (QED) is 0.677. The third-order valence-corrected chi connectivity index (χ3v) is 4.42. The summed E-state index contributed by atoms with van der Waals surface area (Å²) in [6.45, 7) is 6.14. The summed E-state index contributed by atoms with van der Waals surface area (Å²) in [4.78, 5) is 0.310. The summed E-state index contributed by atoms with van der Waals surface area (Å²) in [5.41, 5.74) is 2.07. The van der Waals surface area contributed by atoms with E-state index in [2.05, 4.69) is 10.0 Å². The molecule has 2 N–H and O–H groups in total. The molecule has 20 heavy (non-hydrogen) atoms. The Morgan fingerprint density at radius 2 is 2.05 bits per heavy atom. The molecular weight excluding hydrogens is 276 g/mol. The summed E-state index contributed by atoms with van der Waals surface area (Å²) in [5, 5.41) is 3.04. The number of benzene rings is 1. The molecule has 0 saturated heterocycles. The van der Waals surface area contributed by atoms with E-state index in [1.807, 2.05) is 27.0 Å². The Bertz CT molecular complexity index is 515. The number of aryl methyl sites for hydroxylation is 1. The molecule has 0 amide bonds. The van der Waals surface area contributed by atoms with Crippen molar-refractivity contribution in [2.75, 3.05) is 26.8 Å². The molecule has 5 nitrogen and oxygen atoms in total. The normalized spacial score (nSPS) is 11.8. The van der Waals surface area contributed by atoms with Crippen molar-refractivity contribution >= 4 is 10.0 Å². The summed E-state index contributed by atoms with van der Waals surface area (Å²) >= 11 is 0. The Morgan fingerprint density at radius 3 is 2.70 bits per heavy atom. The van der Waals surface area contributed by atoms with Crippen molar-refractivity contribution in [2.24, 2.45) is 0 Å². The van der Waals surface area contributed by atoms with Crippen LogP contribution in [-0.4, -0.2) is 35.2 Å². The van der Waals surface area contributed by atoms with Crippen LogP contribution in [0.4, 0.5) is 0 Å². The van der Waals surface area contributed by atoms with Crippen LogP contribution >= 0.6 is 0 Å². The molecule has 6 heteroatoms. The average Bonchev–Trinajstić information content (AvgIpc) is 2.41. The first-order valence-electron chi connectivity index (χ1n) is 6.82. The van der Waals surface area contributed by atoms with Crippen LogP contribution in [0.2, 0.25) is 0 Å². The van der Waals surface area contributed by atoms with Gasteiger partial charge >= 0.3 is 0 Å². The van der Waals surface area contributed by atoms with Crippen LogP contribution in [0.1, 0.15) is 24.5 Å². The van der Waals surface area contributed by atoms with Gasteiger partial charge in [-0.05, 0) is 50.6 Å². The van der Waals surface area contributed by atoms with Crippen molar-refractivity contribution in [1.29, 1.82) is 0 Å². The van der Waals surface area contributed by atoms with Gasteiger partial charge in [0.15, 0.2) is 0 Å². The van der Waals surface area contributed by atoms with E-state index in [-0.39, 0.29) is 0 Å². The zero-order valence-electron chi connectivity index (χ0n) is 12.4. The number of hydrogen-bond acceptors (Lipinski definition) is 4. The summed E-state index contributed by atoms with van der Waals surface area (Å²) in [7, 11) is -1.60. The lowest BCUT2D eigenvalue weighted by atomic mass is 10.1. The predicted molar refractivity (Wildman–Crippen MR) is 80.2 cm³/mol. The van der Waals surface area contributed by atoms with Crippen molar-refractivity contribution in [3.63, 3.8) is 0 Å². The first kappa shape index (κ1) is 17.1. The van der Waals surface area contributed by atoms with E-state index in [9.17, 15) is 8.42 Å². The highest BCUT2D eigenvalue weighted by atomic mass is 32.2. The van der Waals surface area contributed by atoms with Crippen LogP contribution in [0, 0.1) is 6.92 Å². The Labute approximate surface area is 121 Å². The van der Waals surface area contributed by atoms with Crippen LogP contribution in [0.5, 0.6) is 0 Å². The molecule has 1 rings (SSSR count). The fraction of sp³-hybridized carbons (Fsp3) is 0.571. The summed E-state index contributed by atoms with van der Waals surface area (Å²) in [5.74, 6) is 0. The van der Waals surface area contributed by atoms with Crippen molar-refractivity contribution in [3.05, 3.63) is 29.3 Å². The zero-order chi connectivity index (χ0) is 15.0. The molecule has 0 spiro atoms. The fourth-order valence-corrected chi connectivity index (χ4v) is 2.93. The van der Waals surface area contributed by atoms with Gasteiger partial charge in [-0.25, -0.2) is 13.1 Å². The monoisotopic (exact) mass is 300 g/mol. The molecule has 0 aromatic heterocycles. The van der Waals surface area contributed by atoms with Crippen molar-refractivity contribution in [3.8, 4) is 0 Å². The summed E-state index contributed by atoms with van der Waals surface area (Å²) in [6, 6.07) is 5.19. The second kappa shape index (κ2) is 8.36. The Balaban J connectivity index is 2.69. The van der Waals surface area contributed by atoms with E-state index in [0.717, 1.165) is 11.1 Å². The highest BCUT2D eigenvalue weighted by molar-refractivity contribution is 7.89. The van der Waals surface area contributed by atoms with E-state index in [1.165, 1.54) is 0 Å². The van der Waals surface area contributed by atoms with Gasteiger partial charge < -0.3 is 10.1 Å². The molecule has 114 valence electrons. The second-order valence-corrected chi connectivity index (χ2v) is 6.33. The molecule has 1 aromatic rings. The van der Waals surface area contributed by atoms with Crippen molar-refractivity contribution in [1.82, 2.24) is 10.0 Å². The molecule has 0 saturated carbocycles. The van der Waals surface area contributed by atoms with E-state index >= 15 is 0 Å². The smallest absolute Gasteiger partial charge is 0.240 e. The lowest BCUT2D eigenvalue weighted by Crippen LogP contribution is -2.26. The Morgan fingerprint density at radius 1 is 1.30 bits per heavy atom. The maximum atomic E-state index is 12.2. The lowest BCUT2D eigenvalue weighted by Gasteiger charge is -2.10. The molecule has 0 unspecified atom stereocenters. The van der Waals surface area contributed by atoms with Gasteiger partial charge in [0.1, 0.15) is 0 Å². The molecule has 0 bridgehead atoms. The van der Waals surface area contributed by atoms with Gasteiger partial charge in [0.2, 0.25) is 10.0 Å². The minimum atomic E-state index is -3.44. The van der Waals surface area contributed by atoms with E-state index in [1.54, 1.807) is 12.1 Å². The number of ether oxygens (including phenoxy) is 1. The first-order chi connectivity index (χ1) is 9.51. The predicted octanol–water partition coefficient (Wildman–Crippen LogP) is 1.42. The molecule has 0 aliphatic heterocycles. The minimum absolute atomic E-state index is 0.310. The fourth-order valence-electron chi connectivity index (χ4n) is 1.80. The van der Waals surface area contributed by atoms with E-state index in [0.29, 0.717) is 37.6 Å². The molecule has 1 aromatic carbocycles. The first-order valence-corrected chi connectivity index (χ1v) is 8.31. The van der Waals surface area contributed by atoms with Gasteiger partial charge in [-0.3, -0.25) is 0 Å². The van der Waals surface area contributed by atoms with Crippen molar-refractivity contribution in [2.45, 2.75) is 31.7 Å². The Hall–Kier alpha value is -0.950. The highest BCUT2D eigenvalue weighted by Crippen LogP contribution is 2.15. The lowest BCUT2D eigenvalue weighted by molar-refractivity contribution is 0.146. The average molecular weight is 300 g/mol. The van der Waals surface area contributed by atoms with E-state index < -0.39 is 10.0 Å². The molecule has 0 atom stereocenters. The number of rotatable bonds is 9. The SMILES string of the molecule is CCOCCCNS(=O)(=O)c1ccc(C)c(CNC)c1. The van der Waals surface area contributed by atoms with Crippen LogP contribution in [0.25, 0.3) is 0 Å². The van der Waals surface area contributed by atoms with Crippen molar-refractivity contribution < 1.29 is 13.2 Å². The van der Waals surface area contributed by atoms with Gasteiger partial charge in [-0.15, -0.1) is 0 Å². The molecule has 0 aliphatic carbocycles. The third kappa shape index (κ3) is 5.20. The number of nitrogens with one attached hydrogen (secondary N) is 2. The number of hydrogen-bond donors (Lipinski definition) is 2. The van der Waals surface area contributed by atoms with Crippen LogP contribution < -0.4 is 10.0 Å². The Kier molecular flexibility index (Phi) is 7.15.